The molecular formula is C7H11F4. The molecule has 0 aliphatic carbocycles. The molecule has 0 fully saturated rings. The van der Waals surface area contributed by atoms with Crippen LogP contribution in [0.15, 0.2) is 0 Å². The summed E-state index contributed by atoms with van der Waals surface area (Å²) in [4.78, 5) is 0. The van der Waals surface area contributed by atoms with E-state index in [1.54, 1.807) is 0 Å². The summed E-state index contributed by atoms with van der Waals surface area (Å²) in [5.41, 5.74) is 0. The Balaban J connectivity index is 3.83. The maximum absolute atomic E-state index is 12.4. The van der Waals surface area contributed by atoms with Gasteiger partial charge in [0.05, 0.1) is 6.67 Å². The Kier molecular flexibility index (Phi) is 4.45. The Morgan fingerprint density at radius 3 is 2.27 bits per heavy atom. The first kappa shape index (κ1) is 10.7. The molecule has 0 nitrogen and oxygen atoms in total. The average molecular weight is 171 g/mol. The van der Waals surface area contributed by atoms with E-state index in [9.17, 15) is 17.6 Å². The van der Waals surface area contributed by atoms with Crippen LogP contribution in [0.5, 0.6) is 0 Å². The molecule has 0 aromatic rings. The van der Waals surface area contributed by atoms with Gasteiger partial charge in [0.2, 0.25) is 0 Å². The quantitative estimate of drug-likeness (QED) is 0.558. The van der Waals surface area contributed by atoms with Gasteiger partial charge in [0.15, 0.2) is 6.17 Å². The molecule has 0 rings (SSSR count). The molecule has 0 amide bonds. The zero-order valence-electron chi connectivity index (χ0n) is 6.12. The topological polar surface area (TPSA) is 0 Å². The van der Waals surface area contributed by atoms with Crippen LogP contribution in [0, 0.1) is 6.92 Å². The van der Waals surface area contributed by atoms with Crippen molar-refractivity contribution in [2.45, 2.75) is 31.4 Å². The fourth-order valence-corrected chi connectivity index (χ4v) is 0.673. The van der Waals surface area contributed by atoms with Crippen molar-refractivity contribution in [2.24, 2.45) is 0 Å². The third-order valence-corrected chi connectivity index (χ3v) is 1.34. The van der Waals surface area contributed by atoms with Gasteiger partial charge < -0.3 is 0 Å². The predicted molar refractivity (Wildman–Crippen MR) is 35.0 cm³/mol. The molecule has 0 saturated carbocycles. The summed E-state index contributed by atoms with van der Waals surface area (Å²) in [5.74, 6) is -3.52. The van der Waals surface area contributed by atoms with Crippen molar-refractivity contribution in [1.29, 1.82) is 0 Å². The molecule has 0 N–H and O–H groups in total. The summed E-state index contributed by atoms with van der Waals surface area (Å²) in [6.45, 7) is 2.04. The van der Waals surface area contributed by atoms with Crippen LogP contribution in [0.3, 0.4) is 0 Å². The summed E-state index contributed by atoms with van der Waals surface area (Å²) < 4.78 is 48.6. The third kappa shape index (κ3) is 3.58. The van der Waals surface area contributed by atoms with Crippen molar-refractivity contribution in [2.75, 3.05) is 6.67 Å². The van der Waals surface area contributed by atoms with E-state index in [1.807, 2.05) is 0 Å². The second-order valence-electron chi connectivity index (χ2n) is 2.31. The molecule has 11 heavy (non-hydrogen) atoms. The SMILES string of the molecule is [CH2]CC[C@H](F)C(F)(F)CCF. The summed E-state index contributed by atoms with van der Waals surface area (Å²) >= 11 is 0. The fraction of sp³-hybridized carbons (Fsp3) is 0.857. The zero-order chi connectivity index (χ0) is 8.91. The lowest BCUT2D eigenvalue weighted by Gasteiger charge is -2.18. The van der Waals surface area contributed by atoms with Crippen molar-refractivity contribution >= 4 is 0 Å². The second kappa shape index (κ2) is 4.57. The molecule has 0 heterocycles. The molecule has 0 aliphatic rings. The molecule has 1 radical (unpaired) electrons. The Morgan fingerprint density at radius 2 is 1.91 bits per heavy atom. The minimum Gasteiger partial charge on any atom is -0.251 e. The first-order valence-corrected chi connectivity index (χ1v) is 3.41. The van der Waals surface area contributed by atoms with E-state index in [0.29, 0.717) is 0 Å². The maximum atomic E-state index is 12.4. The summed E-state index contributed by atoms with van der Waals surface area (Å²) in [7, 11) is 0. The van der Waals surface area contributed by atoms with Crippen molar-refractivity contribution in [1.82, 2.24) is 0 Å². The van der Waals surface area contributed by atoms with Crippen molar-refractivity contribution in [3.63, 3.8) is 0 Å². The van der Waals surface area contributed by atoms with Gasteiger partial charge in [0.25, 0.3) is 5.92 Å². The minimum absolute atomic E-state index is 0.100. The highest BCUT2D eigenvalue weighted by Gasteiger charge is 2.38. The number of alkyl halides is 4. The molecule has 0 aliphatic heterocycles. The van der Waals surface area contributed by atoms with E-state index in [-0.39, 0.29) is 12.8 Å². The fourth-order valence-electron chi connectivity index (χ4n) is 0.673. The average Bonchev–Trinajstić information content (AvgIpc) is 1.88. The Hall–Kier alpha value is -0.280. The molecule has 1 atom stereocenters. The molecule has 0 aromatic heterocycles. The third-order valence-electron chi connectivity index (χ3n) is 1.34. The second-order valence-corrected chi connectivity index (χ2v) is 2.31. The molecule has 0 unspecified atom stereocenters. The van der Waals surface area contributed by atoms with Crippen LogP contribution in [-0.4, -0.2) is 18.8 Å². The van der Waals surface area contributed by atoms with E-state index < -0.39 is 25.2 Å². The smallest absolute Gasteiger partial charge is 0.251 e. The molecule has 4 heteroatoms. The van der Waals surface area contributed by atoms with Gasteiger partial charge in [-0.2, -0.15) is 0 Å². The van der Waals surface area contributed by atoms with Crippen LogP contribution in [0.2, 0.25) is 0 Å². The van der Waals surface area contributed by atoms with Crippen LogP contribution < -0.4 is 0 Å². The number of hydrogen-bond donors (Lipinski definition) is 0. The molecule has 0 aromatic carbocycles. The molecule has 67 valence electrons. The zero-order valence-corrected chi connectivity index (χ0v) is 6.12. The van der Waals surface area contributed by atoms with E-state index >= 15 is 0 Å². The van der Waals surface area contributed by atoms with Gasteiger partial charge in [-0.1, -0.05) is 13.3 Å². The maximum Gasteiger partial charge on any atom is 0.281 e. The monoisotopic (exact) mass is 171 g/mol. The first-order chi connectivity index (χ1) is 5.04. The number of rotatable bonds is 5. The van der Waals surface area contributed by atoms with Gasteiger partial charge in [0.1, 0.15) is 0 Å². The molecule has 0 bridgehead atoms. The molecule has 0 saturated heterocycles. The van der Waals surface area contributed by atoms with Crippen LogP contribution in [-0.2, 0) is 0 Å². The number of halogens is 4. The minimum atomic E-state index is -3.52. The van der Waals surface area contributed by atoms with E-state index in [4.69, 9.17) is 0 Å². The lowest BCUT2D eigenvalue weighted by atomic mass is 10.1. The summed E-state index contributed by atoms with van der Waals surface area (Å²) in [6.07, 6.45) is -3.50. The Labute approximate surface area is 63.6 Å². The lowest BCUT2D eigenvalue weighted by molar-refractivity contribution is -0.0838. The Bertz CT molecular complexity index is 103. The Morgan fingerprint density at radius 1 is 1.36 bits per heavy atom. The summed E-state index contributed by atoms with van der Waals surface area (Å²) in [5, 5.41) is 0. The van der Waals surface area contributed by atoms with Crippen LogP contribution in [0.4, 0.5) is 17.6 Å². The lowest BCUT2D eigenvalue weighted by Crippen LogP contribution is -2.30. The highest BCUT2D eigenvalue weighted by atomic mass is 19.3. The van der Waals surface area contributed by atoms with Gasteiger partial charge in [-0.15, -0.1) is 0 Å². The largest absolute Gasteiger partial charge is 0.281 e. The van der Waals surface area contributed by atoms with Crippen molar-refractivity contribution in [3.05, 3.63) is 6.92 Å². The van der Waals surface area contributed by atoms with Gasteiger partial charge in [-0.25, -0.2) is 13.2 Å². The molecule has 0 spiro atoms. The standard InChI is InChI=1S/C7H11F4/c1-2-3-6(9)7(10,11)4-5-8/h6H,1-5H2/t6-/m0/s1. The van der Waals surface area contributed by atoms with Crippen LogP contribution in [0.25, 0.3) is 0 Å². The first-order valence-electron chi connectivity index (χ1n) is 3.41. The van der Waals surface area contributed by atoms with E-state index in [1.165, 1.54) is 0 Å². The predicted octanol–water partition coefficient (Wildman–Crippen LogP) is 2.93. The van der Waals surface area contributed by atoms with Gasteiger partial charge in [-0.05, 0) is 6.42 Å². The van der Waals surface area contributed by atoms with Crippen LogP contribution in [0.1, 0.15) is 19.3 Å². The van der Waals surface area contributed by atoms with E-state index in [2.05, 4.69) is 6.92 Å². The van der Waals surface area contributed by atoms with Gasteiger partial charge in [-0.3, -0.25) is 4.39 Å². The normalized spacial score (nSPS) is 15.0. The number of hydrogen-bond acceptors (Lipinski definition) is 0. The van der Waals surface area contributed by atoms with Crippen molar-refractivity contribution in [3.8, 4) is 0 Å². The summed E-state index contributed by atoms with van der Waals surface area (Å²) in [6, 6.07) is 0. The van der Waals surface area contributed by atoms with Crippen molar-refractivity contribution < 1.29 is 17.6 Å². The highest BCUT2D eigenvalue weighted by Crippen LogP contribution is 2.28. The molecular weight excluding hydrogens is 160 g/mol. The van der Waals surface area contributed by atoms with Gasteiger partial charge >= 0.3 is 0 Å². The van der Waals surface area contributed by atoms with Crippen LogP contribution >= 0.6 is 0 Å². The van der Waals surface area contributed by atoms with E-state index in [0.717, 1.165) is 0 Å². The highest BCUT2D eigenvalue weighted by molar-refractivity contribution is 4.76. The van der Waals surface area contributed by atoms with Gasteiger partial charge in [0, 0.05) is 6.42 Å².